The second kappa shape index (κ2) is 8.12. The first-order chi connectivity index (χ1) is 15.1. The summed E-state index contributed by atoms with van der Waals surface area (Å²) in [6, 6.07) is 20.1. The summed E-state index contributed by atoms with van der Waals surface area (Å²) < 4.78 is 7.76. The number of ether oxygens (including phenoxy) is 1. The maximum atomic E-state index is 12.9. The van der Waals surface area contributed by atoms with Crippen molar-refractivity contribution in [3.8, 4) is 11.4 Å². The van der Waals surface area contributed by atoms with E-state index in [-0.39, 0.29) is 12.5 Å². The molecule has 0 spiro atoms. The lowest BCUT2D eigenvalue weighted by molar-refractivity contribution is -0.118. The van der Waals surface area contributed by atoms with E-state index in [0.717, 1.165) is 50.6 Å². The molecule has 1 aliphatic heterocycles. The molecule has 156 valence electrons. The Bertz CT molecular complexity index is 1290. The number of aryl methyl sites for hydroxylation is 2. The average Bonchev–Trinajstić information content (AvgIpc) is 3.35. The maximum Gasteiger partial charge on any atom is 0.263 e. The molecule has 1 aromatic heterocycles. The lowest BCUT2D eigenvalue weighted by atomic mass is 10.1. The summed E-state index contributed by atoms with van der Waals surface area (Å²) in [4.78, 5) is 12.9. The van der Waals surface area contributed by atoms with E-state index in [4.69, 9.17) is 9.84 Å². The predicted octanol–water partition coefficient (Wildman–Crippen LogP) is 5.41. The third kappa shape index (κ3) is 3.79. The fourth-order valence-corrected chi connectivity index (χ4v) is 5.03. The summed E-state index contributed by atoms with van der Waals surface area (Å²) >= 11 is 1.81. The number of thioether (sulfide) groups is 1. The average molecular weight is 430 g/mol. The number of carbonyl (C=O) groups is 1. The summed E-state index contributed by atoms with van der Waals surface area (Å²) in [5.41, 5.74) is 5.44. The molecule has 0 radical (unpaired) electrons. The van der Waals surface area contributed by atoms with Crippen LogP contribution in [0.15, 0.2) is 60.7 Å². The van der Waals surface area contributed by atoms with E-state index in [2.05, 4.69) is 37.4 Å². The number of nitrogens with zero attached hydrogens (tertiary/aromatic N) is 2. The first kappa shape index (κ1) is 19.7. The monoisotopic (exact) mass is 429 g/mol. The standard InChI is InChI=1S/C25H23N3O2S/c1-16-10-11-22(17(2)12-16)28-25(20-14-31-15-21(20)27-28)26-24(29)13-30-23-9-5-7-18-6-3-4-8-19(18)23/h3-12H,13-15H2,1-2H3,(H,26,29). The molecule has 3 aromatic carbocycles. The molecule has 5 nitrogen and oxygen atoms in total. The van der Waals surface area contributed by atoms with Gasteiger partial charge in [0, 0.05) is 22.5 Å². The van der Waals surface area contributed by atoms with Crippen LogP contribution < -0.4 is 10.1 Å². The number of nitrogens with one attached hydrogen (secondary N) is 1. The van der Waals surface area contributed by atoms with E-state index >= 15 is 0 Å². The second-order valence-electron chi connectivity index (χ2n) is 7.78. The highest BCUT2D eigenvalue weighted by Crippen LogP contribution is 2.36. The van der Waals surface area contributed by atoms with Gasteiger partial charge in [-0.1, -0.05) is 54.1 Å². The molecule has 0 bridgehead atoms. The van der Waals surface area contributed by atoms with Crippen LogP contribution in [-0.4, -0.2) is 22.3 Å². The topological polar surface area (TPSA) is 56.2 Å². The van der Waals surface area contributed by atoms with Crippen LogP contribution in [0.5, 0.6) is 5.75 Å². The number of aromatic nitrogens is 2. The molecule has 0 atom stereocenters. The van der Waals surface area contributed by atoms with Gasteiger partial charge in [-0.05, 0) is 36.9 Å². The van der Waals surface area contributed by atoms with Crippen LogP contribution in [0, 0.1) is 13.8 Å². The van der Waals surface area contributed by atoms with Gasteiger partial charge in [-0.3, -0.25) is 4.79 Å². The molecule has 5 rings (SSSR count). The van der Waals surface area contributed by atoms with Crippen LogP contribution in [0.2, 0.25) is 0 Å². The van der Waals surface area contributed by atoms with E-state index in [0.29, 0.717) is 5.75 Å². The number of carbonyl (C=O) groups excluding carboxylic acids is 1. The van der Waals surface area contributed by atoms with Gasteiger partial charge in [0.2, 0.25) is 0 Å². The van der Waals surface area contributed by atoms with Crippen LogP contribution >= 0.6 is 11.8 Å². The summed E-state index contributed by atoms with van der Waals surface area (Å²) in [5, 5.41) is 9.96. The van der Waals surface area contributed by atoms with Crippen molar-refractivity contribution >= 4 is 34.3 Å². The van der Waals surface area contributed by atoms with Gasteiger partial charge in [0.15, 0.2) is 6.61 Å². The molecule has 0 saturated heterocycles. The number of hydrogen-bond donors (Lipinski definition) is 1. The molecular weight excluding hydrogens is 406 g/mol. The first-order valence-electron chi connectivity index (χ1n) is 10.3. The van der Waals surface area contributed by atoms with Crippen LogP contribution in [0.3, 0.4) is 0 Å². The highest BCUT2D eigenvalue weighted by Gasteiger charge is 2.25. The van der Waals surface area contributed by atoms with Crippen molar-refractivity contribution in [1.29, 1.82) is 0 Å². The number of rotatable bonds is 5. The smallest absolute Gasteiger partial charge is 0.263 e. The highest BCUT2D eigenvalue weighted by atomic mass is 32.2. The van der Waals surface area contributed by atoms with E-state index in [1.807, 2.05) is 58.9 Å². The fourth-order valence-electron chi connectivity index (χ4n) is 3.99. The van der Waals surface area contributed by atoms with Crippen LogP contribution in [0.1, 0.15) is 22.4 Å². The van der Waals surface area contributed by atoms with Crippen LogP contribution in [0.25, 0.3) is 16.5 Å². The molecule has 4 aromatic rings. The third-order valence-corrected chi connectivity index (χ3v) is 6.47. The highest BCUT2D eigenvalue weighted by molar-refractivity contribution is 7.98. The Labute approximate surface area is 185 Å². The Morgan fingerprint density at radius 1 is 1.10 bits per heavy atom. The first-order valence-corrected chi connectivity index (χ1v) is 11.4. The molecular formula is C25H23N3O2S. The molecule has 1 aliphatic rings. The minimum absolute atomic E-state index is 0.0615. The van der Waals surface area contributed by atoms with Gasteiger partial charge in [0.05, 0.1) is 11.4 Å². The Kier molecular flexibility index (Phi) is 5.16. The SMILES string of the molecule is Cc1ccc(-n2nc3c(c2NC(=O)COc2cccc4ccccc24)CSC3)c(C)c1. The maximum absolute atomic E-state index is 12.9. The van der Waals surface area contributed by atoms with Crippen molar-refractivity contribution < 1.29 is 9.53 Å². The summed E-state index contributed by atoms with van der Waals surface area (Å²) in [6.45, 7) is 4.08. The predicted molar refractivity (Wildman–Crippen MR) is 126 cm³/mol. The van der Waals surface area contributed by atoms with Crippen molar-refractivity contribution in [2.24, 2.45) is 0 Å². The molecule has 31 heavy (non-hydrogen) atoms. The molecule has 0 fully saturated rings. The van der Waals surface area contributed by atoms with Gasteiger partial charge in [-0.2, -0.15) is 16.9 Å². The van der Waals surface area contributed by atoms with Crippen molar-refractivity contribution in [3.63, 3.8) is 0 Å². The molecule has 2 heterocycles. The number of benzene rings is 3. The summed E-state index contributed by atoms with van der Waals surface area (Å²) in [5.74, 6) is 2.97. The summed E-state index contributed by atoms with van der Waals surface area (Å²) in [7, 11) is 0. The molecule has 1 N–H and O–H groups in total. The van der Waals surface area contributed by atoms with Gasteiger partial charge in [-0.15, -0.1) is 0 Å². The van der Waals surface area contributed by atoms with Crippen molar-refractivity contribution in [2.75, 3.05) is 11.9 Å². The Hall–Kier alpha value is -3.25. The third-order valence-electron chi connectivity index (χ3n) is 5.50. The van der Waals surface area contributed by atoms with E-state index in [9.17, 15) is 4.79 Å². The van der Waals surface area contributed by atoms with Crippen LogP contribution in [0.4, 0.5) is 5.82 Å². The van der Waals surface area contributed by atoms with Crippen LogP contribution in [-0.2, 0) is 16.3 Å². The van der Waals surface area contributed by atoms with E-state index < -0.39 is 0 Å². The zero-order chi connectivity index (χ0) is 21.4. The van der Waals surface area contributed by atoms with Crippen molar-refractivity contribution in [2.45, 2.75) is 25.4 Å². The number of hydrogen-bond acceptors (Lipinski definition) is 4. The number of fused-ring (bicyclic) bond motifs is 2. The van der Waals surface area contributed by atoms with Gasteiger partial charge in [0.25, 0.3) is 5.91 Å². The molecule has 0 saturated carbocycles. The van der Waals surface area contributed by atoms with Crippen molar-refractivity contribution in [1.82, 2.24) is 9.78 Å². The lowest BCUT2D eigenvalue weighted by Gasteiger charge is -2.14. The molecule has 6 heteroatoms. The quantitative estimate of drug-likeness (QED) is 0.461. The zero-order valence-corrected chi connectivity index (χ0v) is 18.3. The molecule has 0 unspecified atom stereocenters. The number of anilines is 1. The minimum atomic E-state index is -0.196. The Morgan fingerprint density at radius 3 is 2.81 bits per heavy atom. The van der Waals surface area contributed by atoms with Gasteiger partial charge >= 0.3 is 0 Å². The lowest BCUT2D eigenvalue weighted by Crippen LogP contribution is -2.22. The van der Waals surface area contributed by atoms with Gasteiger partial charge in [0.1, 0.15) is 11.6 Å². The second-order valence-corrected chi connectivity index (χ2v) is 8.77. The molecule has 0 aliphatic carbocycles. The number of amides is 1. The normalized spacial score (nSPS) is 12.7. The van der Waals surface area contributed by atoms with Gasteiger partial charge < -0.3 is 10.1 Å². The largest absolute Gasteiger partial charge is 0.483 e. The van der Waals surface area contributed by atoms with Gasteiger partial charge in [-0.25, -0.2) is 4.68 Å². The van der Waals surface area contributed by atoms with E-state index in [1.54, 1.807) is 0 Å². The fraction of sp³-hybridized carbons (Fsp3) is 0.200. The van der Waals surface area contributed by atoms with E-state index in [1.165, 1.54) is 5.56 Å². The van der Waals surface area contributed by atoms with Crippen molar-refractivity contribution in [3.05, 3.63) is 83.0 Å². The zero-order valence-electron chi connectivity index (χ0n) is 17.5. The minimum Gasteiger partial charge on any atom is -0.483 e. The summed E-state index contributed by atoms with van der Waals surface area (Å²) in [6.07, 6.45) is 0. The Morgan fingerprint density at radius 2 is 1.94 bits per heavy atom. The molecule has 1 amide bonds. The Balaban J connectivity index is 1.40.